The van der Waals surface area contributed by atoms with Gasteiger partial charge in [-0.15, -0.1) is 0 Å². The van der Waals surface area contributed by atoms with Gasteiger partial charge in [0.25, 0.3) is 5.91 Å². The Kier molecular flexibility index (Phi) is 12.4. The highest BCUT2D eigenvalue weighted by atomic mass is 32.1. The average Bonchev–Trinajstić information content (AvgIpc) is 3.15. The monoisotopic (exact) mass is 492 g/mol. The smallest absolute Gasteiger partial charge is 0.410 e. The maximum absolute atomic E-state index is 13.5. The van der Waals surface area contributed by atoms with Gasteiger partial charge in [-0.25, -0.2) is 4.79 Å². The summed E-state index contributed by atoms with van der Waals surface area (Å²) in [5, 5.41) is 0. The molecule has 4 aliphatic rings. The number of amides is 2. The van der Waals surface area contributed by atoms with Crippen LogP contribution in [0.1, 0.15) is 58.8 Å². The molecule has 3 aliphatic heterocycles. The van der Waals surface area contributed by atoms with Crippen LogP contribution < -0.4 is 0 Å². The third-order valence-electron chi connectivity index (χ3n) is 6.69. The van der Waals surface area contributed by atoms with Gasteiger partial charge in [-0.05, 0) is 25.2 Å². The van der Waals surface area contributed by atoms with Gasteiger partial charge in [0.05, 0.1) is 19.3 Å². The van der Waals surface area contributed by atoms with Crippen molar-refractivity contribution < 1.29 is 28.6 Å². The summed E-state index contributed by atoms with van der Waals surface area (Å²) < 4.78 is 16.7. The van der Waals surface area contributed by atoms with E-state index in [1.165, 1.54) is 6.42 Å². The Labute approximate surface area is 205 Å². The molecule has 0 radical (unpaired) electrons. The molecule has 3 saturated heterocycles. The summed E-state index contributed by atoms with van der Waals surface area (Å²) in [5.74, 6) is 0.107. The van der Waals surface area contributed by atoms with E-state index in [0.29, 0.717) is 45.2 Å². The minimum Gasteiger partial charge on any atom is -0.436 e. The number of ketones is 1. The van der Waals surface area contributed by atoms with Gasteiger partial charge in [0, 0.05) is 19.6 Å². The molecule has 32 heavy (non-hydrogen) atoms. The molecule has 4 fully saturated rings. The number of hydrogen-bond acceptors (Lipinski definition) is 6. The van der Waals surface area contributed by atoms with E-state index in [1.54, 1.807) is 9.80 Å². The fraction of sp³-hybridized carbons (Fsp3) is 0.864. The van der Waals surface area contributed by atoms with Crippen LogP contribution in [-0.2, 0) is 23.8 Å². The first-order valence-electron chi connectivity index (χ1n) is 11.1. The topological polar surface area (TPSA) is 85.4 Å². The maximum atomic E-state index is 13.5. The predicted molar refractivity (Wildman–Crippen MR) is 131 cm³/mol. The number of Topliss-reactive ketones (excluding diaryl/α,β-unsaturated/α-hetero) is 1. The summed E-state index contributed by atoms with van der Waals surface area (Å²) in [6, 6.07) is -0.521. The third-order valence-corrected chi connectivity index (χ3v) is 6.69. The van der Waals surface area contributed by atoms with Crippen LogP contribution in [0.2, 0.25) is 0 Å². The van der Waals surface area contributed by atoms with Gasteiger partial charge in [-0.3, -0.25) is 9.59 Å². The van der Waals surface area contributed by atoms with Crippen molar-refractivity contribution in [1.82, 2.24) is 9.80 Å². The van der Waals surface area contributed by atoms with Gasteiger partial charge in [0.1, 0.15) is 12.6 Å². The highest BCUT2D eigenvalue weighted by Gasteiger charge is 2.46. The summed E-state index contributed by atoms with van der Waals surface area (Å²) >= 11 is 0. The number of morpholine rings is 1. The maximum Gasteiger partial charge on any atom is 0.410 e. The first-order valence-corrected chi connectivity index (χ1v) is 11.1. The summed E-state index contributed by atoms with van der Waals surface area (Å²) in [4.78, 5) is 41.8. The van der Waals surface area contributed by atoms with E-state index in [9.17, 15) is 14.4 Å². The van der Waals surface area contributed by atoms with Crippen LogP contribution in [0.5, 0.6) is 0 Å². The largest absolute Gasteiger partial charge is 0.436 e. The number of piperidine rings is 1. The van der Waals surface area contributed by atoms with Gasteiger partial charge in [0.15, 0.2) is 11.9 Å². The molecule has 10 heteroatoms. The molecule has 186 valence electrons. The normalized spacial score (nSPS) is 26.7. The molecule has 4 rings (SSSR count). The minimum atomic E-state index is -0.833. The van der Waals surface area contributed by atoms with Crippen LogP contribution in [0.15, 0.2) is 0 Å². The quantitative estimate of drug-likeness (QED) is 0.600. The number of fused-ring (bicyclic) bond motifs is 1. The Bertz CT molecular complexity index is 626. The molecule has 0 aromatic heterocycles. The first-order chi connectivity index (χ1) is 14.1. The molecule has 8 nitrogen and oxygen atoms in total. The second-order valence-electron chi connectivity index (χ2n) is 8.65. The molecule has 0 spiro atoms. The first kappa shape index (κ1) is 29.1. The molecular weight excluding hydrogens is 452 g/mol. The van der Waals surface area contributed by atoms with E-state index in [1.807, 2.05) is 0 Å². The van der Waals surface area contributed by atoms with Crippen molar-refractivity contribution in [3.8, 4) is 0 Å². The van der Waals surface area contributed by atoms with Gasteiger partial charge in [-0.2, -0.15) is 27.0 Å². The van der Waals surface area contributed by atoms with Crippen molar-refractivity contribution in [3.63, 3.8) is 0 Å². The molecule has 0 N–H and O–H groups in total. The lowest BCUT2D eigenvalue weighted by Crippen LogP contribution is -2.56. The van der Waals surface area contributed by atoms with E-state index in [-0.39, 0.29) is 58.8 Å². The number of rotatable bonds is 4. The molecule has 1 saturated carbocycles. The van der Waals surface area contributed by atoms with E-state index >= 15 is 0 Å². The Morgan fingerprint density at radius 3 is 2.38 bits per heavy atom. The van der Waals surface area contributed by atoms with Crippen molar-refractivity contribution in [2.45, 2.75) is 77.0 Å². The molecule has 1 aliphatic carbocycles. The molecule has 3 atom stereocenters. The standard InChI is InChI=1S/C21H32N2O6.CH4.2H2S/c24-16-14-28-17-7-4-8-23(19(16)17)20(25)18(13-15-5-2-1-3-6-15)29-21(26)22-9-11-27-12-10-22;;;/h15,17-19H,1-14H2;1H4;2*1H2/t17-,18+,19-;;;/m1.../s1. The summed E-state index contributed by atoms with van der Waals surface area (Å²) in [7, 11) is 0. The van der Waals surface area contributed by atoms with E-state index in [4.69, 9.17) is 14.2 Å². The number of likely N-dealkylation sites (tertiary alicyclic amines) is 1. The Hall–Kier alpha value is -0.970. The lowest BCUT2D eigenvalue weighted by Gasteiger charge is -2.38. The van der Waals surface area contributed by atoms with Crippen LogP contribution in [0, 0.1) is 5.92 Å². The number of carbonyl (C=O) groups is 3. The van der Waals surface area contributed by atoms with Crippen molar-refractivity contribution >= 4 is 44.8 Å². The van der Waals surface area contributed by atoms with Crippen LogP contribution in [0.3, 0.4) is 0 Å². The molecule has 0 unspecified atom stereocenters. The highest BCUT2D eigenvalue weighted by molar-refractivity contribution is 7.59. The van der Waals surface area contributed by atoms with Crippen LogP contribution in [0.25, 0.3) is 0 Å². The second-order valence-corrected chi connectivity index (χ2v) is 8.65. The van der Waals surface area contributed by atoms with E-state index < -0.39 is 18.2 Å². The van der Waals surface area contributed by atoms with Gasteiger partial charge < -0.3 is 24.0 Å². The van der Waals surface area contributed by atoms with E-state index in [2.05, 4.69) is 0 Å². The number of hydrogen-bond donors (Lipinski definition) is 0. The number of nitrogens with zero attached hydrogens (tertiary/aromatic N) is 2. The van der Waals surface area contributed by atoms with Crippen molar-refractivity contribution in [3.05, 3.63) is 0 Å². The number of ether oxygens (including phenoxy) is 3. The zero-order valence-electron chi connectivity index (χ0n) is 18.1. The van der Waals surface area contributed by atoms with Gasteiger partial charge >= 0.3 is 6.09 Å². The van der Waals surface area contributed by atoms with Crippen molar-refractivity contribution in [1.29, 1.82) is 0 Å². The Balaban J connectivity index is 0.00000171. The Morgan fingerprint density at radius 2 is 1.69 bits per heavy atom. The fourth-order valence-corrected chi connectivity index (χ4v) is 5.09. The lowest BCUT2D eigenvalue weighted by atomic mass is 9.85. The SMILES string of the molecule is C.O=C1CO[C@@H]2CCCN(C(=O)[C@H](CC3CCCCC3)OC(=O)N3CCOCC3)[C@H]12.S.S. The van der Waals surface area contributed by atoms with Crippen molar-refractivity contribution in [2.75, 3.05) is 39.5 Å². The van der Waals surface area contributed by atoms with Crippen LogP contribution in [-0.4, -0.2) is 85.3 Å². The summed E-state index contributed by atoms with van der Waals surface area (Å²) in [5.41, 5.74) is 0. The zero-order valence-corrected chi connectivity index (χ0v) is 20.1. The third kappa shape index (κ3) is 6.77. The number of carbonyl (C=O) groups excluding carboxylic acids is 3. The second kappa shape index (κ2) is 13.7. The molecule has 0 bridgehead atoms. The summed E-state index contributed by atoms with van der Waals surface area (Å²) in [6.07, 6.45) is 6.29. The summed E-state index contributed by atoms with van der Waals surface area (Å²) in [6.45, 7) is 2.51. The van der Waals surface area contributed by atoms with Crippen LogP contribution >= 0.6 is 27.0 Å². The van der Waals surface area contributed by atoms with Gasteiger partial charge in [-0.1, -0.05) is 39.5 Å². The highest BCUT2D eigenvalue weighted by Crippen LogP contribution is 2.31. The Morgan fingerprint density at radius 1 is 1.00 bits per heavy atom. The van der Waals surface area contributed by atoms with Crippen LogP contribution in [0.4, 0.5) is 4.79 Å². The lowest BCUT2D eigenvalue weighted by molar-refractivity contribution is -0.150. The molecular formula is C22H40N2O6S2. The van der Waals surface area contributed by atoms with Crippen molar-refractivity contribution in [2.24, 2.45) is 5.92 Å². The predicted octanol–water partition coefficient (Wildman–Crippen LogP) is 2.61. The minimum absolute atomic E-state index is 0. The van der Waals surface area contributed by atoms with Gasteiger partial charge in [0.2, 0.25) is 0 Å². The molecule has 3 heterocycles. The molecule has 2 amide bonds. The molecule has 0 aromatic carbocycles. The van der Waals surface area contributed by atoms with E-state index in [0.717, 1.165) is 38.5 Å². The zero-order chi connectivity index (χ0) is 20.2. The average molecular weight is 493 g/mol. The molecule has 0 aromatic rings. The fourth-order valence-electron chi connectivity index (χ4n) is 5.09.